The normalized spacial score (nSPS) is 11.3. The number of ether oxygens (including phenoxy) is 1. The van der Waals surface area contributed by atoms with Crippen LogP contribution in [0, 0.1) is 13.8 Å². The number of sulfonamides is 1. The number of amides is 1. The Morgan fingerprint density at radius 3 is 1.83 bits per heavy atom. The number of carbonyl (C=O) groups is 3. The molecule has 0 atom stereocenters. The van der Waals surface area contributed by atoms with E-state index in [1.165, 1.54) is 41.0 Å². The molecule has 0 radical (unpaired) electrons. The number of anilines is 1. The number of benzene rings is 1. The van der Waals surface area contributed by atoms with Gasteiger partial charge in [-0.2, -0.15) is 4.31 Å². The van der Waals surface area contributed by atoms with E-state index >= 15 is 0 Å². The highest BCUT2D eigenvalue weighted by molar-refractivity contribution is 7.89. The maximum absolute atomic E-state index is 12.8. The zero-order chi connectivity index (χ0) is 38.3. The molecule has 0 bridgehead atoms. The molecular weight excluding hydrogens is 692 g/mol. The Morgan fingerprint density at radius 1 is 0.808 bits per heavy atom. The van der Waals surface area contributed by atoms with Crippen molar-refractivity contribution < 1.29 is 32.6 Å². The maximum Gasteiger partial charge on any atom is 0.344 e. The number of fused-ring (bicyclic) bond motifs is 2. The van der Waals surface area contributed by atoms with Gasteiger partial charge < -0.3 is 24.3 Å². The summed E-state index contributed by atoms with van der Waals surface area (Å²) < 4.78 is 35.1. The van der Waals surface area contributed by atoms with Gasteiger partial charge in [-0.25, -0.2) is 28.0 Å². The lowest BCUT2D eigenvalue weighted by Gasteiger charge is -2.18. The SMILES string of the molecule is CCN(CC)S(=O)(=O)c1cccc(NC(=O)COC(=O)c2cn(CC)c3nc(C)ccc3c2=O)c1.CCn1cc(C(=O)O)c(=O)c2ccc(C)nc21. The van der Waals surface area contributed by atoms with Gasteiger partial charge in [0.2, 0.25) is 20.9 Å². The van der Waals surface area contributed by atoms with Gasteiger partial charge in [-0.15, -0.1) is 0 Å². The van der Waals surface area contributed by atoms with Crippen LogP contribution in [-0.2, 0) is 32.6 Å². The van der Waals surface area contributed by atoms with Crippen LogP contribution < -0.4 is 16.2 Å². The molecular formula is C36H40N6O9S. The van der Waals surface area contributed by atoms with Crippen LogP contribution in [0.4, 0.5) is 5.69 Å². The lowest BCUT2D eigenvalue weighted by Crippen LogP contribution is -2.30. The van der Waals surface area contributed by atoms with Crippen molar-refractivity contribution >= 4 is 55.6 Å². The van der Waals surface area contributed by atoms with E-state index in [-0.39, 0.29) is 27.1 Å². The van der Waals surface area contributed by atoms with E-state index in [0.717, 1.165) is 11.4 Å². The van der Waals surface area contributed by atoms with Gasteiger partial charge in [0.25, 0.3) is 5.91 Å². The summed E-state index contributed by atoms with van der Waals surface area (Å²) in [4.78, 5) is 69.4. The van der Waals surface area contributed by atoms with Crippen LogP contribution in [0.3, 0.4) is 0 Å². The molecule has 0 aliphatic heterocycles. The van der Waals surface area contributed by atoms with E-state index in [4.69, 9.17) is 9.84 Å². The second-order valence-electron chi connectivity index (χ2n) is 11.5. The summed E-state index contributed by atoms with van der Waals surface area (Å²) in [5.74, 6) is -2.82. The quantitative estimate of drug-likeness (QED) is 0.186. The standard InChI is InChI=1S/C24H28N4O6S.C12H12N2O3/c1-5-27-14-20(22(30)19-12-11-16(4)25-23(19)27)24(31)34-15-21(29)26-17-9-8-10-18(13-17)35(32,33)28(6-2)7-3;1-3-14-6-9(12(16)17)10(15)8-5-4-7(2)13-11(8)14/h8-14H,5-7,15H2,1-4H3,(H,26,29);4-6H,3H2,1-2H3,(H,16,17). The van der Waals surface area contributed by atoms with Crippen molar-refractivity contribution in [2.75, 3.05) is 25.0 Å². The first-order valence-electron chi connectivity index (χ1n) is 16.5. The number of hydrogen-bond acceptors (Lipinski definition) is 10. The smallest absolute Gasteiger partial charge is 0.344 e. The predicted molar refractivity (Wildman–Crippen MR) is 195 cm³/mol. The first-order valence-corrected chi connectivity index (χ1v) is 17.9. The largest absolute Gasteiger partial charge is 0.477 e. The fourth-order valence-corrected chi connectivity index (χ4v) is 6.86. The summed E-state index contributed by atoms with van der Waals surface area (Å²) in [6, 6.07) is 12.4. The zero-order valence-electron chi connectivity index (χ0n) is 29.7. The number of aromatic nitrogens is 4. The molecule has 5 aromatic rings. The highest BCUT2D eigenvalue weighted by atomic mass is 32.2. The van der Waals surface area contributed by atoms with Crippen molar-refractivity contribution in [3.63, 3.8) is 0 Å². The Labute approximate surface area is 299 Å². The van der Waals surface area contributed by atoms with Gasteiger partial charge in [-0.05, 0) is 70.2 Å². The fourth-order valence-electron chi connectivity index (χ4n) is 5.35. The number of aryl methyl sites for hydroxylation is 4. The van der Waals surface area contributed by atoms with E-state index in [1.807, 2.05) is 20.8 Å². The molecule has 1 amide bonds. The van der Waals surface area contributed by atoms with Crippen molar-refractivity contribution in [1.82, 2.24) is 23.4 Å². The highest BCUT2D eigenvalue weighted by Gasteiger charge is 2.23. The van der Waals surface area contributed by atoms with Crippen LogP contribution in [-0.4, -0.2) is 74.5 Å². The van der Waals surface area contributed by atoms with Crippen LogP contribution in [0.5, 0.6) is 0 Å². The molecule has 0 unspecified atom stereocenters. The second kappa shape index (κ2) is 16.5. The second-order valence-corrected chi connectivity index (χ2v) is 13.4. The number of carboxylic acids is 1. The molecule has 15 nitrogen and oxygen atoms in total. The molecule has 4 heterocycles. The lowest BCUT2D eigenvalue weighted by molar-refractivity contribution is -0.119. The van der Waals surface area contributed by atoms with Crippen LogP contribution in [0.25, 0.3) is 22.1 Å². The molecule has 5 rings (SSSR count). The number of aromatic carboxylic acids is 1. The summed E-state index contributed by atoms with van der Waals surface area (Å²) in [6.45, 7) is 11.9. The van der Waals surface area contributed by atoms with E-state index in [2.05, 4.69) is 15.3 Å². The van der Waals surface area contributed by atoms with Crippen molar-refractivity contribution in [2.24, 2.45) is 0 Å². The van der Waals surface area contributed by atoms with Crippen molar-refractivity contribution in [2.45, 2.75) is 59.5 Å². The third-order valence-electron chi connectivity index (χ3n) is 8.05. The number of pyridine rings is 4. The minimum Gasteiger partial charge on any atom is -0.477 e. The van der Waals surface area contributed by atoms with Gasteiger partial charge in [0.15, 0.2) is 6.61 Å². The van der Waals surface area contributed by atoms with E-state index < -0.39 is 45.3 Å². The van der Waals surface area contributed by atoms with Gasteiger partial charge >= 0.3 is 11.9 Å². The topological polar surface area (TPSA) is 200 Å². The molecule has 0 aliphatic carbocycles. The van der Waals surface area contributed by atoms with Crippen molar-refractivity contribution in [3.05, 3.63) is 104 Å². The molecule has 16 heteroatoms. The zero-order valence-corrected chi connectivity index (χ0v) is 30.5. The van der Waals surface area contributed by atoms with Gasteiger partial charge in [0.05, 0.1) is 15.7 Å². The van der Waals surface area contributed by atoms with E-state index in [0.29, 0.717) is 42.9 Å². The first-order chi connectivity index (χ1) is 24.7. The average molecular weight is 733 g/mol. The Morgan fingerprint density at radius 2 is 1.33 bits per heavy atom. The Bertz CT molecular complexity index is 2400. The van der Waals surface area contributed by atoms with Crippen molar-refractivity contribution in [3.8, 4) is 0 Å². The molecule has 0 aliphatic rings. The summed E-state index contributed by atoms with van der Waals surface area (Å²) in [7, 11) is -3.70. The molecule has 0 spiro atoms. The summed E-state index contributed by atoms with van der Waals surface area (Å²) >= 11 is 0. The lowest BCUT2D eigenvalue weighted by atomic mass is 10.2. The Hall–Kier alpha value is -5.74. The third-order valence-corrected chi connectivity index (χ3v) is 10.1. The number of carboxylic acid groups (broad SMARTS) is 1. The van der Waals surface area contributed by atoms with E-state index in [1.54, 1.807) is 54.2 Å². The molecule has 52 heavy (non-hydrogen) atoms. The Balaban J connectivity index is 0.000000296. The average Bonchev–Trinajstić information content (AvgIpc) is 3.11. The summed E-state index contributed by atoms with van der Waals surface area (Å²) in [5.41, 5.74) is 1.33. The van der Waals surface area contributed by atoms with Gasteiger partial charge in [-0.1, -0.05) is 19.9 Å². The third kappa shape index (κ3) is 8.41. The van der Waals surface area contributed by atoms with Crippen molar-refractivity contribution in [1.29, 1.82) is 0 Å². The molecule has 274 valence electrons. The number of carbonyl (C=O) groups excluding carboxylic acids is 2. The van der Waals surface area contributed by atoms with E-state index in [9.17, 15) is 32.4 Å². The van der Waals surface area contributed by atoms with Crippen LogP contribution in [0.1, 0.15) is 59.8 Å². The molecule has 0 saturated heterocycles. The molecule has 1 aromatic carbocycles. The number of hydrogen-bond donors (Lipinski definition) is 2. The molecule has 0 fully saturated rings. The van der Waals surface area contributed by atoms with Crippen LogP contribution in [0.15, 0.2) is 75.4 Å². The molecule has 2 N–H and O–H groups in total. The number of rotatable bonds is 11. The maximum atomic E-state index is 12.8. The summed E-state index contributed by atoms with van der Waals surface area (Å²) in [6.07, 6.45) is 2.72. The van der Waals surface area contributed by atoms with Gasteiger partial charge in [0, 0.05) is 55.6 Å². The number of esters is 1. The minimum absolute atomic E-state index is 0.0381. The molecule has 0 saturated carbocycles. The highest BCUT2D eigenvalue weighted by Crippen LogP contribution is 2.20. The monoisotopic (exact) mass is 732 g/mol. The fraction of sp³-hybridized carbons (Fsp3) is 0.306. The Kier molecular flexibility index (Phi) is 12.4. The first kappa shape index (κ1) is 39.1. The van der Waals surface area contributed by atoms with Crippen LogP contribution in [0.2, 0.25) is 0 Å². The minimum atomic E-state index is -3.70. The molecule has 4 aromatic heterocycles. The number of nitrogens with zero attached hydrogens (tertiary/aromatic N) is 5. The summed E-state index contributed by atoms with van der Waals surface area (Å²) in [5, 5.41) is 12.1. The predicted octanol–water partition coefficient (Wildman–Crippen LogP) is 3.97. The van der Waals surface area contributed by atoms with Gasteiger partial charge in [0.1, 0.15) is 22.4 Å². The number of nitrogens with one attached hydrogen (secondary N) is 1. The van der Waals surface area contributed by atoms with Crippen LogP contribution >= 0.6 is 0 Å². The van der Waals surface area contributed by atoms with Gasteiger partial charge in [-0.3, -0.25) is 14.4 Å².